The van der Waals surface area contributed by atoms with Crippen LogP contribution in [0.15, 0.2) is 0 Å². The Bertz CT molecular complexity index is 153. The van der Waals surface area contributed by atoms with E-state index in [0.717, 1.165) is 0 Å². The smallest absolute Gasteiger partial charge is 0.0459 e. The first-order chi connectivity index (χ1) is 9.28. The molecule has 0 heterocycles. The highest BCUT2D eigenvalue weighted by atomic mass is 16.3. The van der Waals surface area contributed by atoms with Crippen LogP contribution in [0, 0.1) is 11.8 Å². The number of unbranched alkanes of at least 4 members (excludes halogenated alkanes) is 4. The third kappa shape index (κ3) is 11.4. The van der Waals surface area contributed by atoms with Gasteiger partial charge in [-0.2, -0.15) is 0 Å². The number of hydrogen-bond donors (Lipinski definition) is 2. The molecule has 0 aliphatic carbocycles. The lowest BCUT2D eigenvalue weighted by Crippen LogP contribution is -2.07. The number of aliphatic hydroxyl groups excluding tert-OH is 2. The highest BCUT2D eigenvalue weighted by Crippen LogP contribution is 2.19. The van der Waals surface area contributed by atoms with Crippen LogP contribution in [0.4, 0.5) is 0 Å². The molecule has 0 aromatic heterocycles. The van der Waals surface area contributed by atoms with Crippen molar-refractivity contribution in [1.29, 1.82) is 0 Å². The van der Waals surface area contributed by atoms with Crippen LogP contribution in [0.3, 0.4) is 0 Å². The van der Waals surface area contributed by atoms with E-state index in [9.17, 15) is 10.2 Å². The highest BCUT2D eigenvalue weighted by Gasteiger charge is 2.08. The first-order valence-electron chi connectivity index (χ1n) is 8.50. The van der Waals surface area contributed by atoms with Crippen LogP contribution < -0.4 is 0 Å². The normalized spacial score (nSPS) is 14.5. The molecule has 2 atom stereocenters. The lowest BCUT2D eigenvalue weighted by atomic mass is 9.93. The Morgan fingerprint density at radius 1 is 0.579 bits per heavy atom. The van der Waals surface area contributed by atoms with Gasteiger partial charge < -0.3 is 10.2 Å². The average Bonchev–Trinajstić information content (AvgIpc) is 2.45. The molecule has 0 rings (SSSR count). The van der Waals surface area contributed by atoms with E-state index in [1.807, 2.05) is 0 Å². The second kappa shape index (κ2) is 14.3. The van der Waals surface area contributed by atoms with Crippen molar-refractivity contribution in [2.75, 3.05) is 13.2 Å². The predicted octanol–water partition coefficient (Wildman–Crippen LogP) is 4.53. The molecule has 0 saturated heterocycles. The van der Waals surface area contributed by atoms with Gasteiger partial charge in [-0.25, -0.2) is 0 Å². The van der Waals surface area contributed by atoms with E-state index in [1.54, 1.807) is 0 Å². The standard InChI is InChI=1S/C17H36O2/c1-3-5-10-16(14-18)12-8-7-9-13-17(15-19)11-6-4-2/h16-19H,3-15H2,1-2H3. The van der Waals surface area contributed by atoms with Crippen molar-refractivity contribution in [1.82, 2.24) is 0 Å². The lowest BCUT2D eigenvalue weighted by Gasteiger charge is -2.15. The van der Waals surface area contributed by atoms with Gasteiger partial charge in [-0.3, -0.25) is 0 Å². The molecule has 2 unspecified atom stereocenters. The third-order valence-corrected chi connectivity index (χ3v) is 4.17. The van der Waals surface area contributed by atoms with Gasteiger partial charge >= 0.3 is 0 Å². The van der Waals surface area contributed by atoms with Crippen molar-refractivity contribution < 1.29 is 10.2 Å². The number of hydrogen-bond acceptors (Lipinski definition) is 2. The van der Waals surface area contributed by atoms with Gasteiger partial charge in [-0.15, -0.1) is 0 Å². The maximum absolute atomic E-state index is 9.30. The molecule has 0 bridgehead atoms. The number of rotatable bonds is 14. The molecule has 0 aromatic rings. The zero-order chi connectivity index (χ0) is 14.3. The molecule has 2 heteroatoms. The van der Waals surface area contributed by atoms with Crippen LogP contribution >= 0.6 is 0 Å². The van der Waals surface area contributed by atoms with E-state index in [2.05, 4.69) is 13.8 Å². The Balaban J connectivity index is 3.50. The van der Waals surface area contributed by atoms with E-state index in [0.29, 0.717) is 25.0 Å². The summed E-state index contributed by atoms with van der Waals surface area (Å²) in [6.07, 6.45) is 13.4. The van der Waals surface area contributed by atoms with Gasteiger partial charge in [0, 0.05) is 13.2 Å². The Morgan fingerprint density at radius 3 is 1.26 bits per heavy atom. The second-order valence-corrected chi connectivity index (χ2v) is 6.02. The van der Waals surface area contributed by atoms with Crippen molar-refractivity contribution in [2.45, 2.75) is 84.5 Å². The molecule has 0 saturated carbocycles. The van der Waals surface area contributed by atoms with Gasteiger partial charge in [-0.05, 0) is 37.5 Å². The molecular formula is C17H36O2. The summed E-state index contributed by atoms with van der Waals surface area (Å²) in [5.74, 6) is 1.04. The van der Waals surface area contributed by atoms with E-state index >= 15 is 0 Å². The zero-order valence-corrected chi connectivity index (χ0v) is 13.2. The molecule has 0 spiro atoms. The Kier molecular flexibility index (Phi) is 14.3. The second-order valence-electron chi connectivity index (χ2n) is 6.02. The van der Waals surface area contributed by atoms with Gasteiger partial charge in [0.05, 0.1) is 0 Å². The summed E-state index contributed by atoms with van der Waals surface area (Å²) in [6, 6.07) is 0. The van der Waals surface area contributed by atoms with Crippen LogP contribution in [0.1, 0.15) is 84.5 Å². The van der Waals surface area contributed by atoms with E-state index in [4.69, 9.17) is 0 Å². The van der Waals surface area contributed by atoms with E-state index in [1.165, 1.54) is 70.6 Å². The minimum atomic E-state index is 0.357. The summed E-state index contributed by atoms with van der Waals surface area (Å²) in [4.78, 5) is 0. The summed E-state index contributed by atoms with van der Waals surface area (Å²) in [7, 11) is 0. The fraction of sp³-hybridized carbons (Fsp3) is 1.00. The lowest BCUT2D eigenvalue weighted by molar-refractivity contribution is 0.198. The molecule has 0 radical (unpaired) electrons. The summed E-state index contributed by atoms with van der Waals surface area (Å²) >= 11 is 0. The number of aliphatic hydroxyl groups is 2. The first-order valence-corrected chi connectivity index (χ1v) is 8.50. The Hall–Kier alpha value is -0.0800. The molecule has 0 aliphatic rings. The average molecular weight is 272 g/mol. The first kappa shape index (κ1) is 18.9. The SMILES string of the molecule is CCCCC(CO)CCCCCC(CO)CCCC. The topological polar surface area (TPSA) is 40.5 Å². The molecule has 2 nitrogen and oxygen atoms in total. The maximum atomic E-state index is 9.30. The fourth-order valence-electron chi connectivity index (χ4n) is 2.68. The summed E-state index contributed by atoms with van der Waals surface area (Å²) in [5, 5.41) is 18.6. The van der Waals surface area contributed by atoms with Crippen LogP contribution in [0.25, 0.3) is 0 Å². The van der Waals surface area contributed by atoms with Gasteiger partial charge in [-0.1, -0.05) is 58.8 Å². The van der Waals surface area contributed by atoms with Crippen molar-refractivity contribution >= 4 is 0 Å². The third-order valence-electron chi connectivity index (χ3n) is 4.17. The van der Waals surface area contributed by atoms with E-state index < -0.39 is 0 Å². The van der Waals surface area contributed by atoms with E-state index in [-0.39, 0.29) is 0 Å². The molecule has 116 valence electrons. The molecule has 0 aromatic carbocycles. The molecule has 19 heavy (non-hydrogen) atoms. The highest BCUT2D eigenvalue weighted by molar-refractivity contribution is 4.61. The van der Waals surface area contributed by atoms with Gasteiger partial charge in [0.25, 0.3) is 0 Å². The monoisotopic (exact) mass is 272 g/mol. The summed E-state index contributed by atoms with van der Waals surface area (Å²) in [5.41, 5.74) is 0. The fourth-order valence-corrected chi connectivity index (χ4v) is 2.68. The summed E-state index contributed by atoms with van der Waals surface area (Å²) < 4.78 is 0. The van der Waals surface area contributed by atoms with Crippen molar-refractivity contribution in [3.63, 3.8) is 0 Å². The van der Waals surface area contributed by atoms with Gasteiger partial charge in [0.2, 0.25) is 0 Å². The van der Waals surface area contributed by atoms with Gasteiger partial charge in [0.15, 0.2) is 0 Å². The molecule has 0 amide bonds. The molecule has 0 fully saturated rings. The zero-order valence-electron chi connectivity index (χ0n) is 13.2. The molecular weight excluding hydrogens is 236 g/mol. The van der Waals surface area contributed by atoms with Crippen molar-refractivity contribution in [3.05, 3.63) is 0 Å². The van der Waals surface area contributed by atoms with Crippen LogP contribution in [0.5, 0.6) is 0 Å². The largest absolute Gasteiger partial charge is 0.396 e. The quantitative estimate of drug-likeness (QED) is 0.456. The van der Waals surface area contributed by atoms with Crippen LogP contribution in [0.2, 0.25) is 0 Å². The van der Waals surface area contributed by atoms with Crippen molar-refractivity contribution in [2.24, 2.45) is 11.8 Å². The Morgan fingerprint density at radius 2 is 0.947 bits per heavy atom. The summed E-state index contributed by atoms with van der Waals surface area (Å²) in [6.45, 7) is 5.13. The van der Waals surface area contributed by atoms with Crippen molar-refractivity contribution in [3.8, 4) is 0 Å². The maximum Gasteiger partial charge on any atom is 0.0459 e. The van der Waals surface area contributed by atoms with Crippen LogP contribution in [-0.2, 0) is 0 Å². The Labute approximate surface area is 120 Å². The minimum Gasteiger partial charge on any atom is -0.396 e. The van der Waals surface area contributed by atoms with Crippen LogP contribution in [-0.4, -0.2) is 23.4 Å². The molecule has 0 aliphatic heterocycles. The predicted molar refractivity (Wildman–Crippen MR) is 83.3 cm³/mol. The van der Waals surface area contributed by atoms with Gasteiger partial charge in [0.1, 0.15) is 0 Å². The molecule has 2 N–H and O–H groups in total. The minimum absolute atomic E-state index is 0.357.